The van der Waals surface area contributed by atoms with Gasteiger partial charge < -0.3 is 4.74 Å². The molecule has 1 aromatic heterocycles. The fourth-order valence-corrected chi connectivity index (χ4v) is 4.81. The molecule has 1 saturated heterocycles. The van der Waals surface area contributed by atoms with Gasteiger partial charge in [0.05, 0.1) is 18.0 Å². The molecule has 0 radical (unpaired) electrons. The van der Waals surface area contributed by atoms with E-state index in [9.17, 15) is 21.6 Å². The van der Waals surface area contributed by atoms with Gasteiger partial charge >= 0.3 is 6.18 Å². The zero-order chi connectivity index (χ0) is 19.9. The molecule has 28 heavy (non-hydrogen) atoms. The molecule has 0 N–H and O–H groups in total. The number of pyridine rings is 1. The Hall–Kier alpha value is -2.65. The third-order valence-electron chi connectivity index (χ3n) is 4.54. The number of hydrogen-bond acceptors (Lipinski definition) is 4. The van der Waals surface area contributed by atoms with Gasteiger partial charge in [-0.1, -0.05) is 36.4 Å². The van der Waals surface area contributed by atoms with Crippen molar-refractivity contribution >= 4 is 20.8 Å². The van der Waals surface area contributed by atoms with Crippen LogP contribution in [-0.2, 0) is 16.2 Å². The Bertz CT molecular complexity index is 1120. The van der Waals surface area contributed by atoms with Crippen molar-refractivity contribution in [3.05, 3.63) is 66.4 Å². The molecule has 146 valence electrons. The second kappa shape index (κ2) is 6.75. The van der Waals surface area contributed by atoms with Gasteiger partial charge in [0.1, 0.15) is 11.7 Å². The van der Waals surface area contributed by atoms with Gasteiger partial charge in [-0.05, 0) is 23.6 Å². The SMILES string of the molecule is O=S(=O)(c1cccc2ccccc12)N1CC(Oc2ncccc2C(F)(F)F)C1. The number of fused-ring (bicyclic) bond motifs is 1. The van der Waals surface area contributed by atoms with E-state index < -0.39 is 33.7 Å². The normalized spacial score (nSPS) is 16.1. The lowest BCUT2D eigenvalue weighted by Gasteiger charge is -2.38. The van der Waals surface area contributed by atoms with E-state index in [2.05, 4.69) is 4.98 Å². The minimum Gasteiger partial charge on any atom is -0.471 e. The average molecular weight is 408 g/mol. The number of hydrogen-bond donors (Lipinski definition) is 0. The van der Waals surface area contributed by atoms with E-state index >= 15 is 0 Å². The van der Waals surface area contributed by atoms with Crippen molar-refractivity contribution in [2.45, 2.75) is 17.2 Å². The molecule has 0 spiro atoms. The van der Waals surface area contributed by atoms with Crippen LogP contribution >= 0.6 is 0 Å². The molecule has 2 heterocycles. The number of nitrogens with zero attached hydrogens (tertiary/aromatic N) is 2. The molecule has 0 saturated carbocycles. The average Bonchev–Trinajstić information content (AvgIpc) is 2.63. The van der Waals surface area contributed by atoms with E-state index in [0.717, 1.165) is 11.5 Å². The molecule has 4 rings (SSSR count). The van der Waals surface area contributed by atoms with Crippen molar-refractivity contribution in [3.63, 3.8) is 0 Å². The summed E-state index contributed by atoms with van der Waals surface area (Å²) in [6.07, 6.45) is -4.09. The van der Waals surface area contributed by atoms with E-state index in [1.165, 1.54) is 22.6 Å². The highest BCUT2D eigenvalue weighted by Gasteiger charge is 2.41. The molecule has 9 heteroatoms. The zero-order valence-electron chi connectivity index (χ0n) is 14.4. The molecule has 0 atom stereocenters. The van der Waals surface area contributed by atoms with E-state index in [1.807, 2.05) is 18.2 Å². The highest BCUT2D eigenvalue weighted by atomic mass is 32.2. The second-order valence-electron chi connectivity index (χ2n) is 6.39. The molecule has 3 aromatic rings. The van der Waals surface area contributed by atoms with E-state index in [0.29, 0.717) is 5.39 Å². The van der Waals surface area contributed by atoms with Crippen molar-refractivity contribution < 1.29 is 26.3 Å². The molecule has 2 aromatic carbocycles. The van der Waals surface area contributed by atoms with Crippen LogP contribution in [0.2, 0.25) is 0 Å². The summed E-state index contributed by atoms with van der Waals surface area (Å²) in [6.45, 7) is -0.0845. The third kappa shape index (κ3) is 3.31. The third-order valence-corrected chi connectivity index (χ3v) is 6.43. The summed E-state index contributed by atoms with van der Waals surface area (Å²) in [5.74, 6) is -0.540. The van der Waals surface area contributed by atoms with E-state index in [1.54, 1.807) is 18.2 Å². The molecule has 1 fully saturated rings. The molecule has 0 unspecified atom stereocenters. The molecule has 0 amide bonds. The van der Waals surface area contributed by atoms with Gasteiger partial charge in [0.25, 0.3) is 0 Å². The quantitative estimate of drug-likeness (QED) is 0.661. The Balaban J connectivity index is 1.53. The van der Waals surface area contributed by atoms with Gasteiger partial charge in [0.2, 0.25) is 15.9 Å². The monoisotopic (exact) mass is 408 g/mol. The Morgan fingerprint density at radius 3 is 2.46 bits per heavy atom. The first-order valence-corrected chi connectivity index (χ1v) is 9.87. The van der Waals surface area contributed by atoms with Gasteiger partial charge in [-0.3, -0.25) is 0 Å². The predicted octanol–water partition coefficient (Wildman–Crippen LogP) is 3.71. The number of alkyl halides is 3. The number of aromatic nitrogens is 1. The van der Waals surface area contributed by atoms with Crippen molar-refractivity contribution in [1.29, 1.82) is 0 Å². The number of rotatable bonds is 4. The fourth-order valence-electron chi connectivity index (χ4n) is 3.09. The number of halogens is 3. The first kappa shape index (κ1) is 18.7. The smallest absolute Gasteiger partial charge is 0.421 e. The predicted molar refractivity (Wildman–Crippen MR) is 96.4 cm³/mol. The summed E-state index contributed by atoms with van der Waals surface area (Å²) in [5.41, 5.74) is -0.981. The van der Waals surface area contributed by atoms with E-state index in [-0.39, 0.29) is 18.0 Å². The molecule has 0 aliphatic carbocycles. The van der Waals surface area contributed by atoms with Crippen molar-refractivity contribution in [1.82, 2.24) is 9.29 Å². The number of benzene rings is 2. The summed E-state index contributed by atoms with van der Waals surface area (Å²) in [4.78, 5) is 3.81. The van der Waals surface area contributed by atoms with Crippen LogP contribution in [0.3, 0.4) is 0 Å². The van der Waals surface area contributed by atoms with Crippen LogP contribution in [0.25, 0.3) is 10.8 Å². The molecule has 1 aliphatic heterocycles. The molecule has 0 bridgehead atoms. The molecular weight excluding hydrogens is 393 g/mol. The summed E-state index contributed by atoms with van der Waals surface area (Å²) in [6, 6.07) is 14.2. The van der Waals surface area contributed by atoms with Crippen molar-refractivity contribution in [3.8, 4) is 5.88 Å². The summed E-state index contributed by atoms with van der Waals surface area (Å²) < 4.78 is 71.5. The minimum absolute atomic E-state index is 0.0422. The maximum absolute atomic E-state index is 13.0. The van der Waals surface area contributed by atoms with Gasteiger partial charge in [0, 0.05) is 11.6 Å². The van der Waals surface area contributed by atoms with Crippen molar-refractivity contribution in [2.24, 2.45) is 0 Å². The molecule has 5 nitrogen and oxygen atoms in total. The zero-order valence-corrected chi connectivity index (χ0v) is 15.2. The maximum Gasteiger partial charge on any atom is 0.421 e. The largest absolute Gasteiger partial charge is 0.471 e. The first-order chi connectivity index (χ1) is 13.3. The van der Waals surface area contributed by atoms with Crippen LogP contribution in [0.1, 0.15) is 5.56 Å². The Morgan fingerprint density at radius 1 is 1.00 bits per heavy atom. The highest BCUT2D eigenvalue weighted by molar-refractivity contribution is 7.89. The fraction of sp³-hybridized carbons (Fsp3) is 0.211. The number of ether oxygens (including phenoxy) is 1. The highest BCUT2D eigenvalue weighted by Crippen LogP contribution is 2.36. The Morgan fingerprint density at radius 2 is 1.71 bits per heavy atom. The van der Waals surface area contributed by atoms with Crippen LogP contribution in [0.15, 0.2) is 65.7 Å². The van der Waals surface area contributed by atoms with Gasteiger partial charge in [-0.15, -0.1) is 0 Å². The van der Waals surface area contributed by atoms with Crippen LogP contribution < -0.4 is 4.74 Å². The molecule has 1 aliphatic rings. The van der Waals surface area contributed by atoms with Crippen LogP contribution in [0.4, 0.5) is 13.2 Å². The van der Waals surface area contributed by atoms with Gasteiger partial charge in [0.15, 0.2) is 0 Å². The van der Waals surface area contributed by atoms with Crippen LogP contribution in [0.5, 0.6) is 5.88 Å². The van der Waals surface area contributed by atoms with Crippen LogP contribution in [-0.4, -0.2) is 36.9 Å². The maximum atomic E-state index is 13.0. The number of sulfonamides is 1. The lowest BCUT2D eigenvalue weighted by molar-refractivity contribution is -0.140. The first-order valence-electron chi connectivity index (χ1n) is 8.43. The Kier molecular flexibility index (Phi) is 4.51. The summed E-state index contributed by atoms with van der Waals surface area (Å²) in [5, 5.41) is 1.39. The van der Waals surface area contributed by atoms with Gasteiger partial charge in [-0.2, -0.15) is 17.5 Å². The van der Waals surface area contributed by atoms with Gasteiger partial charge in [-0.25, -0.2) is 13.4 Å². The van der Waals surface area contributed by atoms with Crippen molar-refractivity contribution in [2.75, 3.05) is 13.1 Å². The van der Waals surface area contributed by atoms with E-state index in [4.69, 9.17) is 4.74 Å². The summed E-state index contributed by atoms with van der Waals surface area (Å²) in [7, 11) is -3.78. The lowest BCUT2D eigenvalue weighted by Crippen LogP contribution is -2.56. The topological polar surface area (TPSA) is 59.5 Å². The van der Waals surface area contributed by atoms with Crippen LogP contribution in [0, 0.1) is 0 Å². The standard InChI is InChI=1S/C19H15F3N2O3S/c20-19(21,22)16-8-4-10-23-18(16)27-14-11-24(12-14)28(25,26)17-9-3-6-13-5-1-2-7-15(13)17/h1-10,14H,11-12H2. The minimum atomic E-state index is -4.60. The molecular formula is C19H15F3N2O3S. The summed E-state index contributed by atoms with van der Waals surface area (Å²) >= 11 is 0. The lowest BCUT2D eigenvalue weighted by atomic mass is 10.1. The Labute approximate surface area is 159 Å². The second-order valence-corrected chi connectivity index (χ2v) is 8.30.